The van der Waals surface area contributed by atoms with Gasteiger partial charge in [-0.25, -0.2) is 0 Å². The van der Waals surface area contributed by atoms with Gasteiger partial charge in [0.1, 0.15) is 0 Å². The van der Waals surface area contributed by atoms with Gasteiger partial charge in [-0.2, -0.15) is 0 Å². The number of rotatable bonds is 4. The number of hydrogen-bond donors (Lipinski definition) is 1. The normalized spacial score (nSPS) is 16.5. The Kier molecular flexibility index (Phi) is 4.84. The summed E-state index contributed by atoms with van der Waals surface area (Å²) in [6.07, 6.45) is 1.44. The molecule has 0 bridgehead atoms. The zero-order valence-corrected chi connectivity index (χ0v) is 15.3. The van der Waals surface area contributed by atoms with Crippen molar-refractivity contribution in [3.63, 3.8) is 0 Å². The summed E-state index contributed by atoms with van der Waals surface area (Å²) in [5.41, 5.74) is 2.60. The zero-order valence-electron chi connectivity index (χ0n) is 14.5. The third-order valence-electron chi connectivity index (χ3n) is 4.70. The van der Waals surface area contributed by atoms with Crippen LogP contribution in [0.2, 0.25) is 0 Å². The fourth-order valence-electron chi connectivity index (χ4n) is 3.47. The Bertz CT molecular complexity index is 839. The van der Waals surface area contributed by atoms with E-state index in [1.807, 2.05) is 48.2 Å². The van der Waals surface area contributed by atoms with Crippen LogP contribution in [0.5, 0.6) is 0 Å². The summed E-state index contributed by atoms with van der Waals surface area (Å²) in [5, 5.41) is 3.00. The molecule has 1 fully saturated rings. The lowest BCUT2D eigenvalue weighted by molar-refractivity contribution is -0.117. The minimum absolute atomic E-state index is 0.0641. The number of anilines is 3. The maximum atomic E-state index is 12.7. The number of para-hydroxylation sites is 3. The number of carbonyl (C=O) groups is 2. The van der Waals surface area contributed by atoms with Crippen molar-refractivity contribution >= 4 is 40.6 Å². The number of thioether (sulfide) groups is 1. The van der Waals surface area contributed by atoms with Crippen molar-refractivity contribution in [2.75, 3.05) is 40.5 Å². The van der Waals surface area contributed by atoms with Crippen LogP contribution in [0.1, 0.15) is 12.8 Å². The number of benzene rings is 2. The topological polar surface area (TPSA) is 52.7 Å². The molecule has 5 nitrogen and oxygen atoms in total. The van der Waals surface area contributed by atoms with Crippen molar-refractivity contribution < 1.29 is 9.59 Å². The molecule has 1 N–H and O–H groups in total. The van der Waals surface area contributed by atoms with Crippen molar-refractivity contribution in [2.24, 2.45) is 0 Å². The molecule has 134 valence electrons. The number of amides is 2. The van der Waals surface area contributed by atoms with E-state index in [9.17, 15) is 9.59 Å². The highest BCUT2D eigenvalue weighted by Gasteiger charge is 2.25. The fourth-order valence-corrected chi connectivity index (χ4v) is 4.52. The highest BCUT2D eigenvalue weighted by molar-refractivity contribution is 7.99. The number of nitrogens with zero attached hydrogens (tertiary/aromatic N) is 2. The van der Waals surface area contributed by atoms with Gasteiger partial charge in [-0.1, -0.05) is 24.3 Å². The Balaban J connectivity index is 1.49. The average molecular weight is 367 g/mol. The Morgan fingerprint density at radius 3 is 2.62 bits per heavy atom. The van der Waals surface area contributed by atoms with E-state index in [1.54, 1.807) is 4.90 Å². The van der Waals surface area contributed by atoms with Crippen molar-refractivity contribution in [1.29, 1.82) is 0 Å². The van der Waals surface area contributed by atoms with Crippen LogP contribution in [0.25, 0.3) is 0 Å². The first kappa shape index (κ1) is 17.0. The summed E-state index contributed by atoms with van der Waals surface area (Å²) in [7, 11) is 0. The quantitative estimate of drug-likeness (QED) is 0.900. The first-order valence-electron chi connectivity index (χ1n) is 8.88. The molecule has 0 unspecified atom stereocenters. The molecule has 0 radical (unpaired) electrons. The smallest absolute Gasteiger partial charge is 0.243 e. The Labute approximate surface area is 157 Å². The summed E-state index contributed by atoms with van der Waals surface area (Å²) in [6, 6.07) is 15.7. The lowest BCUT2D eigenvalue weighted by Crippen LogP contribution is -2.37. The molecule has 0 saturated carbocycles. The molecule has 4 rings (SSSR count). The number of nitrogens with one attached hydrogen (secondary N) is 1. The van der Waals surface area contributed by atoms with Crippen LogP contribution in [-0.4, -0.2) is 37.2 Å². The summed E-state index contributed by atoms with van der Waals surface area (Å²) >= 11 is 1.83. The monoisotopic (exact) mass is 367 g/mol. The lowest BCUT2D eigenvalue weighted by atomic mass is 10.2. The molecular formula is C20H21N3O2S. The van der Waals surface area contributed by atoms with Crippen molar-refractivity contribution in [2.45, 2.75) is 17.7 Å². The first-order chi connectivity index (χ1) is 12.7. The molecule has 0 spiro atoms. The summed E-state index contributed by atoms with van der Waals surface area (Å²) in [5.74, 6) is 1.03. The van der Waals surface area contributed by atoms with Gasteiger partial charge in [0.05, 0.1) is 23.6 Å². The van der Waals surface area contributed by atoms with Crippen LogP contribution < -0.4 is 15.1 Å². The van der Waals surface area contributed by atoms with Gasteiger partial charge in [0, 0.05) is 30.2 Å². The first-order valence-corrected chi connectivity index (χ1v) is 9.87. The van der Waals surface area contributed by atoms with Crippen LogP contribution >= 0.6 is 11.8 Å². The highest BCUT2D eigenvalue weighted by atomic mass is 32.2. The molecule has 0 aromatic heterocycles. The minimum atomic E-state index is -0.0641. The molecule has 6 heteroatoms. The second kappa shape index (κ2) is 7.41. The lowest BCUT2D eigenvalue weighted by Gasteiger charge is -2.30. The maximum absolute atomic E-state index is 12.7. The van der Waals surface area contributed by atoms with E-state index in [2.05, 4.69) is 22.3 Å². The number of carbonyl (C=O) groups excluding carboxylic acids is 2. The summed E-state index contributed by atoms with van der Waals surface area (Å²) in [4.78, 5) is 29.8. The van der Waals surface area contributed by atoms with Crippen LogP contribution in [0.3, 0.4) is 0 Å². The van der Waals surface area contributed by atoms with Crippen molar-refractivity contribution in [3.05, 3.63) is 48.5 Å². The van der Waals surface area contributed by atoms with E-state index in [0.717, 1.165) is 30.1 Å². The Morgan fingerprint density at radius 2 is 1.81 bits per heavy atom. The molecule has 1 saturated heterocycles. The van der Waals surface area contributed by atoms with Gasteiger partial charge >= 0.3 is 0 Å². The second-order valence-electron chi connectivity index (χ2n) is 6.45. The van der Waals surface area contributed by atoms with Crippen LogP contribution in [0.4, 0.5) is 17.1 Å². The maximum Gasteiger partial charge on any atom is 0.243 e. The predicted octanol–water partition coefficient (Wildman–Crippen LogP) is 3.36. The van der Waals surface area contributed by atoms with Crippen molar-refractivity contribution in [1.82, 2.24) is 0 Å². The van der Waals surface area contributed by atoms with E-state index in [1.165, 1.54) is 4.90 Å². The third-order valence-corrected chi connectivity index (χ3v) is 5.74. The van der Waals surface area contributed by atoms with Gasteiger partial charge in [0.25, 0.3) is 0 Å². The van der Waals surface area contributed by atoms with E-state index >= 15 is 0 Å². The number of fused-ring (bicyclic) bond motifs is 1. The summed E-state index contributed by atoms with van der Waals surface area (Å²) < 4.78 is 0. The molecular weight excluding hydrogens is 346 g/mol. The number of hydrogen-bond acceptors (Lipinski definition) is 4. The van der Waals surface area contributed by atoms with Gasteiger partial charge in [-0.05, 0) is 30.7 Å². The molecule has 2 heterocycles. The third kappa shape index (κ3) is 3.42. The summed E-state index contributed by atoms with van der Waals surface area (Å²) in [6.45, 7) is 1.86. The van der Waals surface area contributed by atoms with Crippen LogP contribution in [-0.2, 0) is 9.59 Å². The molecule has 0 atom stereocenters. The molecule has 2 aliphatic rings. The van der Waals surface area contributed by atoms with Gasteiger partial charge in [0.15, 0.2) is 0 Å². The van der Waals surface area contributed by atoms with Gasteiger partial charge in [-0.3, -0.25) is 9.59 Å². The van der Waals surface area contributed by atoms with Crippen LogP contribution in [0, 0.1) is 0 Å². The van der Waals surface area contributed by atoms with E-state index in [0.29, 0.717) is 25.2 Å². The molecule has 2 aromatic rings. The SMILES string of the molecule is O=C(CN1CCSc2ccccc21)Nc1ccccc1N1CCCC1=O. The molecule has 26 heavy (non-hydrogen) atoms. The minimum Gasteiger partial charge on any atom is -0.360 e. The van der Waals surface area contributed by atoms with Gasteiger partial charge in [-0.15, -0.1) is 11.8 Å². The largest absolute Gasteiger partial charge is 0.360 e. The van der Waals surface area contributed by atoms with E-state index in [4.69, 9.17) is 0 Å². The average Bonchev–Trinajstić information content (AvgIpc) is 3.08. The van der Waals surface area contributed by atoms with Crippen LogP contribution in [0.15, 0.2) is 53.4 Å². The van der Waals surface area contributed by atoms with Crippen molar-refractivity contribution in [3.8, 4) is 0 Å². The highest BCUT2D eigenvalue weighted by Crippen LogP contribution is 2.34. The van der Waals surface area contributed by atoms with Gasteiger partial charge in [0.2, 0.25) is 11.8 Å². The predicted molar refractivity (Wildman–Crippen MR) is 106 cm³/mol. The Morgan fingerprint density at radius 1 is 1.04 bits per heavy atom. The molecule has 2 aromatic carbocycles. The Hall–Kier alpha value is -2.47. The zero-order chi connectivity index (χ0) is 17.9. The standard InChI is InChI=1S/C20H21N3O2S/c24-19(14-22-12-13-26-18-9-4-3-8-17(18)22)21-15-6-1-2-7-16(15)23-11-5-10-20(23)25/h1-4,6-9H,5,10-14H2,(H,21,24). The molecule has 2 amide bonds. The molecule has 0 aliphatic carbocycles. The van der Waals surface area contributed by atoms with E-state index < -0.39 is 0 Å². The molecule has 2 aliphatic heterocycles. The van der Waals surface area contributed by atoms with Gasteiger partial charge < -0.3 is 15.1 Å². The fraction of sp³-hybridized carbons (Fsp3) is 0.300. The van der Waals surface area contributed by atoms with E-state index in [-0.39, 0.29) is 11.8 Å². The second-order valence-corrected chi connectivity index (χ2v) is 7.59.